The third-order valence-electron chi connectivity index (χ3n) is 3.72. The van der Waals surface area contributed by atoms with E-state index in [1.165, 1.54) is 13.2 Å². The molecule has 1 aromatic heterocycles. The predicted molar refractivity (Wildman–Crippen MR) is 94.7 cm³/mol. The molecule has 3 rings (SSSR count). The van der Waals surface area contributed by atoms with E-state index in [2.05, 4.69) is 20.4 Å². The van der Waals surface area contributed by atoms with Gasteiger partial charge in [0.1, 0.15) is 11.0 Å². The molecule has 27 heavy (non-hydrogen) atoms. The number of fused-ring (bicyclic) bond motifs is 1. The van der Waals surface area contributed by atoms with E-state index < -0.39 is 18.0 Å². The number of rotatable bonds is 5. The normalized spacial score (nSPS) is 11.4. The molecule has 136 valence electrons. The molecule has 0 bridgehead atoms. The Kier molecular flexibility index (Phi) is 4.99. The standard InChI is InChI=1S/C18H15N5O4/c1-11(17(24)20-14-5-3-4-12(8-14)10-19)27-23-16-9-13(18(25)26-2)6-7-15(16)21-22-23/h3-9,11H,1-2H3,(H,20,24)/t11-/m1/s1. The van der Waals surface area contributed by atoms with E-state index in [9.17, 15) is 9.59 Å². The van der Waals surface area contributed by atoms with Crippen molar-refractivity contribution in [3.63, 3.8) is 0 Å². The van der Waals surface area contributed by atoms with Gasteiger partial charge in [0, 0.05) is 5.69 Å². The van der Waals surface area contributed by atoms with Gasteiger partial charge in [-0.3, -0.25) is 4.79 Å². The van der Waals surface area contributed by atoms with Gasteiger partial charge in [0.15, 0.2) is 0 Å². The molecule has 2 aromatic carbocycles. The van der Waals surface area contributed by atoms with Gasteiger partial charge in [0.05, 0.1) is 24.3 Å². The van der Waals surface area contributed by atoms with Crippen LogP contribution in [-0.4, -0.2) is 40.2 Å². The van der Waals surface area contributed by atoms with Crippen LogP contribution in [0.25, 0.3) is 11.0 Å². The highest BCUT2D eigenvalue weighted by atomic mass is 16.7. The number of esters is 1. The quantitative estimate of drug-likeness (QED) is 0.681. The summed E-state index contributed by atoms with van der Waals surface area (Å²) < 4.78 is 4.69. The summed E-state index contributed by atoms with van der Waals surface area (Å²) in [6.45, 7) is 1.54. The molecule has 0 fully saturated rings. The number of hydrogen-bond donors (Lipinski definition) is 1. The molecule has 1 atom stereocenters. The van der Waals surface area contributed by atoms with E-state index in [1.807, 2.05) is 6.07 Å². The maximum atomic E-state index is 12.3. The first-order valence-electron chi connectivity index (χ1n) is 7.94. The van der Waals surface area contributed by atoms with Crippen LogP contribution in [0.4, 0.5) is 5.69 Å². The van der Waals surface area contributed by atoms with E-state index in [4.69, 9.17) is 10.1 Å². The van der Waals surface area contributed by atoms with Crippen molar-refractivity contribution in [2.45, 2.75) is 13.0 Å². The van der Waals surface area contributed by atoms with Crippen molar-refractivity contribution in [3.05, 3.63) is 53.6 Å². The van der Waals surface area contributed by atoms with Crippen LogP contribution in [0.2, 0.25) is 0 Å². The molecule has 3 aromatic rings. The Balaban J connectivity index is 1.76. The lowest BCUT2D eigenvalue weighted by Crippen LogP contribution is -2.35. The highest BCUT2D eigenvalue weighted by Gasteiger charge is 2.18. The minimum Gasteiger partial charge on any atom is -0.465 e. The van der Waals surface area contributed by atoms with Crippen molar-refractivity contribution in [1.29, 1.82) is 5.26 Å². The largest absolute Gasteiger partial charge is 0.465 e. The van der Waals surface area contributed by atoms with Crippen LogP contribution in [0, 0.1) is 11.3 Å². The molecule has 0 saturated heterocycles. The summed E-state index contributed by atoms with van der Waals surface area (Å²) >= 11 is 0. The number of aromatic nitrogens is 3. The monoisotopic (exact) mass is 365 g/mol. The van der Waals surface area contributed by atoms with E-state index in [0.717, 1.165) is 4.85 Å². The number of nitrogens with zero attached hydrogens (tertiary/aromatic N) is 4. The number of hydrogen-bond acceptors (Lipinski definition) is 7. The number of amides is 1. The molecule has 0 unspecified atom stereocenters. The zero-order valence-electron chi connectivity index (χ0n) is 14.5. The Morgan fingerprint density at radius 3 is 2.81 bits per heavy atom. The number of nitrogens with one attached hydrogen (secondary N) is 1. The highest BCUT2D eigenvalue weighted by Crippen LogP contribution is 2.14. The second-order valence-electron chi connectivity index (χ2n) is 5.59. The molecule has 1 heterocycles. The van der Waals surface area contributed by atoms with Gasteiger partial charge in [-0.1, -0.05) is 10.9 Å². The number of ether oxygens (including phenoxy) is 1. The lowest BCUT2D eigenvalue weighted by Gasteiger charge is -2.14. The average Bonchev–Trinajstić information content (AvgIpc) is 3.09. The fourth-order valence-corrected chi connectivity index (χ4v) is 2.33. The highest BCUT2D eigenvalue weighted by molar-refractivity contribution is 5.94. The topological polar surface area (TPSA) is 119 Å². The fourth-order valence-electron chi connectivity index (χ4n) is 2.33. The maximum absolute atomic E-state index is 12.3. The van der Waals surface area contributed by atoms with Gasteiger partial charge >= 0.3 is 5.97 Å². The molecule has 9 heteroatoms. The second-order valence-corrected chi connectivity index (χ2v) is 5.59. The fraction of sp³-hybridized carbons (Fsp3) is 0.167. The van der Waals surface area contributed by atoms with E-state index in [0.29, 0.717) is 27.8 Å². The molecule has 1 N–H and O–H groups in total. The van der Waals surface area contributed by atoms with Crippen LogP contribution in [0.15, 0.2) is 42.5 Å². The first-order chi connectivity index (χ1) is 13.0. The number of methoxy groups -OCH3 is 1. The van der Waals surface area contributed by atoms with Crippen molar-refractivity contribution < 1.29 is 19.2 Å². The second kappa shape index (κ2) is 7.53. The van der Waals surface area contributed by atoms with Crippen molar-refractivity contribution >= 4 is 28.6 Å². The Bertz CT molecular complexity index is 1050. The molecule has 0 aliphatic rings. The average molecular weight is 365 g/mol. The van der Waals surface area contributed by atoms with Crippen LogP contribution in [0.3, 0.4) is 0 Å². The first-order valence-corrected chi connectivity index (χ1v) is 7.94. The number of anilines is 1. The summed E-state index contributed by atoms with van der Waals surface area (Å²) in [6, 6.07) is 13.2. The van der Waals surface area contributed by atoms with Crippen LogP contribution < -0.4 is 10.2 Å². The van der Waals surface area contributed by atoms with Crippen molar-refractivity contribution in [1.82, 2.24) is 15.2 Å². The zero-order valence-corrected chi connectivity index (χ0v) is 14.5. The maximum Gasteiger partial charge on any atom is 0.337 e. The van der Waals surface area contributed by atoms with Gasteiger partial charge in [-0.05, 0) is 48.5 Å². The minimum atomic E-state index is -0.914. The Morgan fingerprint density at radius 1 is 1.26 bits per heavy atom. The van der Waals surface area contributed by atoms with E-state index in [-0.39, 0.29) is 0 Å². The molecule has 0 spiro atoms. The molecular weight excluding hydrogens is 350 g/mol. The number of nitriles is 1. The summed E-state index contributed by atoms with van der Waals surface area (Å²) in [6.07, 6.45) is -0.914. The van der Waals surface area contributed by atoms with Gasteiger partial charge in [-0.25, -0.2) is 4.79 Å². The summed E-state index contributed by atoms with van der Waals surface area (Å²) in [5.74, 6) is -0.939. The van der Waals surface area contributed by atoms with E-state index >= 15 is 0 Å². The van der Waals surface area contributed by atoms with Gasteiger partial charge in [-0.2, -0.15) is 5.26 Å². The van der Waals surface area contributed by atoms with Gasteiger partial charge in [-0.15, -0.1) is 5.10 Å². The smallest absolute Gasteiger partial charge is 0.337 e. The van der Waals surface area contributed by atoms with Crippen LogP contribution in [0.5, 0.6) is 0 Å². The molecule has 0 aliphatic heterocycles. The van der Waals surface area contributed by atoms with Gasteiger partial charge in [0.2, 0.25) is 6.10 Å². The van der Waals surface area contributed by atoms with Crippen molar-refractivity contribution in [3.8, 4) is 6.07 Å². The first kappa shape index (κ1) is 17.9. The number of carbonyl (C=O) groups excluding carboxylic acids is 2. The van der Waals surface area contributed by atoms with Crippen LogP contribution in [-0.2, 0) is 9.53 Å². The molecule has 0 radical (unpaired) electrons. The van der Waals surface area contributed by atoms with Crippen molar-refractivity contribution in [2.75, 3.05) is 12.4 Å². The Labute approximate surface area is 154 Å². The van der Waals surface area contributed by atoms with Crippen LogP contribution in [0.1, 0.15) is 22.8 Å². The van der Waals surface area contributed by atoms with Crippen LogP contribution >= 0.6 is 0 Å². The number of carbonyl (C=O) groups is 2. The summed E-state index contributed by atoms with van der Waals surface area (Å²) in [5, 5.41) is 19.4. The Hall–Kier alpha value is -3.93. The lowest BCUT2D eigenvalue weighted by molar-refractivity contribution is -0.127. The lowest BCUT2D eigenvalue weighted by atomic mass is 10.2. The molecule has 0 aliphatic carbocycles. The molecule has 1 amide bonds. The minimum absolute atomic E-state index is 0.308. The predicted octanol–water partition coefficient (Wildman–Crippen LogP) is 1.55. The molecule has 0 saturated carbocycles. The van der Waals surface area contributed by atoms with Crippen molar-refractivity contribution in [2.24, 2.45) is 0 Å². The Morgan fingerprint density at radius 2 is 2.07 bits per heavy atom. The summed E-state index contributed by atoms with van der Waals surface area (Å²) in [5.41, 5.74) is 2.13. The number of benzene rings is 2. The van der Waals surface area contributed by atoms with E-state index in [1.54, 1.807) is 43.3 Å². The zero-order chi connectivity index (χ0) is 19.4. The third-order valence-corrected chi connectivity index (χ3v) is 3.72. The summed E-state index contributed by atoms with van der Waals surface area (Å²) in [7, 11) is 1.28. The van der Waals surface area contributed by atoms with Gasteiger partial charge in [0.25, 0.3) is 5.91 Å². The molecular formula is C18H15N5O4. The third kappa shape index (κ3) is 3.85. The molecule has 9 nitrogen and oxygen atoms in total. The van der Waals surface area contributed by atoms with Gasteiger partial charge < -0.3 is 14.9 Å². The summed E-state index contributed by atoms with van der Waals surface area (Å²) in [4.78, 5) is 30.6. The SMILES string of the molecule is COC(=O)c1ccc2nnn(O[C@H](C)C(=O)Nc3cccc(C#N)c3)c2c1.